The average Bonchev–Trinajstić information content (AvgIpc) is 2.51. The first-order valence-electron chi connectivity index (χ1n) is 7.40. The third-order valence-electron chi connectivity index (χ3n) is 4.02. The van der Waals surface area contributed by atoms with E-state index in [1.165, 1.54) is 12.1 Å². The highest BCUT2D eigenvalue weighted by molar-refractivity contribution is 5.21. The Morgan fingerprint density at radius 2 is 2.05 bits per heavy atom. The van der Waals surface area contributed by atoms with Crippen molar-refractivity contribution in [3.8, 4) is 0 Å². The molecule has 0 bridgehead atoms. The van der Waals surface area contributed by atoms with Gasteiger partial charge >= 0.3 is 0 Å². The molecule has 0 radical (unpaired) electrons. The summed E-state index contributed by atoms with van der Waals surface area (Å²) in [7, 11) is 0. The van der Waals surface area contributed by atoms with E-state index in [4.69, 9.17) is 5.73 Å². The van der Waals surface area contributed by atoms with Gasteiger partial charge in [0.05, 0.1) is 11.7 Å². The van der Waals surface area contributed by atoms with Gasteiger partial charge in [0.15, 0.2) is 11.6 Å². The minimum Gasteiger partial charge on any atom is -0.368 e. The molecule has 2 N–H and O–H groups in total. The van der Waals surface area contributed by atoms with Crippen LogP contribution >= 0.6 is 0 Å². The standard InChI is InChI=1S/C16H18F2N4/c17-12-5-4-11(9-13(12)18)10-22-8-2-1-3-15(22)14-6-7-20-16(19)21-14/h4-7,9,15H,1-3,8,10H2,(H2,19,20,21). The van der Waals surface area contributed by atoms with Crippen molar-refractivity contribution in [1.29, 1.82) is 0 Å². The van der Waals surface area contributed by atoms with Crippen LogP contribution in [0.1, 0.15) is 36.6 Å². The van der Waals surface area contributed by atoms with Gasteiger partial charge in [-0.15, -0.1) is 0 Å². The van der Waals surface area contributed by atoms with Crippen molar-refractivity contribution in [2.75, 3.05) is 12.3 Å². The molecule has 116 valence electrons. The van der Waals surface area contributed by atoms with E-state index in [2.05, 4.69) is 14.9 Å². The van der Waals surface area contributed by atoms with Gasteiger partial charge in [-0.1, -0.05) is 12.5 Å². The van der Waals surface area contributed by atoms with E-state index in [1.54, 1.807) is 12.3 Å². The first-order chi connectivity index (χ1) is 10.6. The summed E-state index contributed by atoms with van der Waals surface area (Å²) in [4.78, 5) is 10.5. The van der Waals surface area contributed by atoms with Crippen LogP contribution in [0.4, 0.5) is 14.7 Å². The number of hydrogen-bond acceptors (Lipinski definition) is 4. The van der Waals surface area contributed by atoms with Gasteiger partial charge in [0.1, 0.15) is 0 Å². The quantitative estimate of drug-likeness (QED) is 0.947. The highest BCUT2D eigenvalue weighted by Gasteiger charge is 2.25. The fraction of sp³-hybridized carbons (Fsp3) is 0.375. The van der Waals surface area contributed by atoms with Crippen molar-refractivity contribution >= 4 is 5.95 Å². The number of aromatic nitrogens is 2. The number of anilines is 1. The number of nitrogens with zero attached hydrogens (tertiary/aromatic N) is 3. The average molecular weight is 304 g/mol. The Morgan fingerprint density at radius 3 is 2.82 bits per heavy atom. The topological polar surface area (TPSA) is 55.0 Å². The Labute approximate surface area is 128 Å². The second-order valence-electron chi connectivity index (χ2n) is 5.57. The molecule has 3 rings (SSSR count). The monoisotopic (exact) mass is 304 g/mol. The van der Waals surface area contributed by atoms with Crippen LogP contribution in [0.2, 0.25) is 0 Å². The van der Waals surface area contributed by atoms with Gasteiger partial charge in [-0.2, -0.15) is 0 Å². The normalized spacial score (nSPS) is 19.3. The Balaban J connectivity index is 1.82. The molecule has 1 fully saturated rings. The molecule has 1 aromatic heterocycles. The van der Waals surface area contributed by atoms with Crippen molar-refractivity contribution in [3.63, 3.8) is 0 Å². The van der Waals surface area contributed by atoms with E-state index in [0.29, 0.717) is 6.54 Å². The van der Waals surface area contributed by atoms with Crippen molar-refractivity contribution < 1.29 is 8.78 Å². The summed E-state index contributed by atoms with van der Waals surface area (Å²) in [6.07, 6.45) is 4.83. The highest BCUT2D eigenvalue weighted by atomic mass is 19.2. The number of rotatable bonds is 3. The molecule has 2 aromatic rings. The van der Waals surface area contributed by atoms with Crippen LogP contribution < -0.4 is 5.73 Å². The summed E-state index contributed by atoms with van der Waals surface area (Å²) >= 11 is 0. The first kappa shape index (κ1) is 14.8. The first-order valence-corrected chi connectivity index (χ1v) is 7.40. The van der Waals surface area contributed by atoms with Gasteiger partial charge in [-0.05, 0) is 43.1 Å². The molecule has 1 aliphatic rings. The summed E-state index contributed by atoms with van der Waals surface area (Å²) in [6.45, 7) is 1.46. The van der Waals surface area contributed by atoms with E-state index in [9.17, 15) is 8.78 Å². The molecule has 0 spiro atoms. The Bertz CT molecular complexity index is 662. The molecule has 1 aromatic carbocycles. The zero-order chi connectivity index (χ0) is 15.5. The predicted octanol–water partition coefficient (Wildman–Crippen LogP) is 3.06. The zero-order valence-electron chi connectivity index (χ0n) is 12.2. The lowest BCUT2D eigenvalue weighted by Crippen LogP contribution is -2.33. The van der Waals surface area contributed by atoms with E-state index >= 15 is 0 Å². The number of hydrogen-bond donors (Lipinski definition) is 1. The summed E-state index contributed by atoms with van der Waals surface area (Å²) < 4.78 is 26.4. The smallest absolute Gasteiger partial charge is 0.220 e. The second-order valence-corrected chi connectivity index (χ2v) is 5.57. The van der Waals surface area contributed by atoms with Crippen LogP contribution in [0.3, 0.4) is 0 Å². The SMILES string of the molecule is Nc1nccc(C2CCCCN2Cc2ccc(F)c(F)c2)n1. The molecule has 22 heavy (non-hydrogen) atoms. The van der Waals surface area contributed by atoms with Crippen molar-refractivity contribution in [2.45, 2.75) is 31.8 Å². The minimum absolute atomic E-state index is 0.132. The summed E-state index contributed by atoms with van der Waals surface area (Å²) in [5.41, 5.74) is 7.31. The Hall–Kier alpha value is -2.08. The molecule has 1 atom stereocenters. The molecule has 1 unspecified atom stereocenters. The van der Waals surface area contributed by atoms with Crippen LogP contribution in [-0.2, 0) is 6.54 Å². The lowest BCUT2D eigenvalue weighted by atomic mass is 9.98. The third-order valence-corrected chi connectivity index (χ3v) is 4.02. The van der Waals surface area contributed by atoms with Crippen molar-refractivity contribution in [3.05, 3.63) is 53.4 Å². The number of nitrogen functional groups attached to an aromatic ring is 1. The van der Waals surface area contributed by atoms with E-state index in [1.807, 2.05) is 6.07 Å². The zero-order valence-corrected chi connectivity index (χ0v) is 12.2. The van der Waals surface area contributed by atoms with Gasteiger partial charge in [0.25, 0.3) is 0 Å². The maximum Gasteiger partial charge on any atom is 0.220 e. The lowest BCUT2D eigenvalue weighted by molar-refractivity contribution is 0.137. The van der Waals surface area contributed by atoms with Gasteiger partial charge < -0.3 is 5.73 Å². The molecule has 4 nitrogen and oxygen atoms in total. The molecule has 2 heterocycles. The molecular formula is C16H18F2N4. The van der Waals surface area contributed by atoms with Crippen molar-refractivity contribution in [2.24, 2.45) is 0 Å². The molecule has 6 heteroatoms. The van der Waals surface area contributed by atoms with Crippen LogP contribution in [0.5, 0.6) is 0 Å². The largest absolute Gasteiger partial charge is 0.368 e. The van der Waals surface area contributed by atoms with Crippen LogP contribution in [0.15, 0.2) is 30.5 Å². The molecule has 0 amide bonds. The van der Waals surface area contributed by atoms with Crippen molar-refractivity contribution in [1.82, 2.24) is 14.9 Å². The number of likely N-dealkylation sites (tertiary alicyclic amines) is 1. The van der Waals surface area contributed by atoms with E-state index in [0.717, 1.165) is 37.1 Å². The fourth-order valence-electron chi connectivity index (χ4n) is 2.96. The molecular weight excluding hydrogens is 286 g/mol. The summed E-state index contributed by atoms with van der Waals surface area (Å²) in [5, 5.41) is 0. The predicted molar refractivity (Wildman–Crippen MR) is 79.8 cm³/mol. The van der Waals surface area contributed by atoms with Gasteiger partial charge in [0, 0.05) is 12.7 Å². The molecule has 1 saturated heterocycles. The number of benzene rings is 1. The van der Waals surface area contributed by atoms with Gasteiger partial charge in [-0.25, -0.2) is 18.7 Å². The summed E-state index contributed by atoms with van der Waals surface area (Å²) in [6, 6.07) is 6.05. The second kappa shape index (κ2) is 6.36. The van der Waals surface area contributed by atoms with Gasteiger partial charge in [-0.3, -0.25) is 4.90 Å². The molecule has 0 aliphatic carbocycles. The number of piperidine rings is 1. The lowest BCUT2D eigenvalue weighted by Gasteiger charge is -2.35. The molecule has 1 aliphatic heterocycles. The maximum atomic E-state index is 13.4. The maximum absolute atomic E-state index is 13.4. The number of nitrogens with two attached hydrogens (primary N) is 1. The third kappa shape index (κ3) is 3.22. The Morgan fingerprint density at radius 1 is 1.18 bits per heavy atom. The highest BCUT2D eigenvalue weighted by Crippen LogP contribution is 2.31. The molecule has 0 saturated carbocycles. The summed E-state index contributed by atoms with van der Waals surface area (Å²) in [5.74, 6) is -1.37. The van der Waals surface area contributed by atoms with E-state index < -0.39 is 11.6 Å². The van der Waals surface area contributed by atoms with Crippen LogP contribution in [0, 0.1) is 11.6 Å². The van der Waals surface area contributed by atoms with Gasteiger partial charge in [0.2, 0.25) is 5.95 Å². The van der Waals surface area contributed by atoms with Crippen LogP contribution in [-0.4, -0.2) is 21.4 Å². The fourth-order valence-corrected chi connectivity index (χ4v) is 2.96. The van der Waals surface area contributed by atoms with E-state index in [-0.39, 0.29) is 12.0 Å². The Kier molecular flexibility index (Phi) is 4.29. The van der Waals surface area contributed by atoms with Crippen LogP contribution in [0.25, 0.3) is 0 Å². The number of halogens is 2. The minimum atomic E-state index is -0.817.